The van der Waals surface area contributed by atoms with Gasteiger partial charge in [0, 0.05) is 6.07 Å². The SMILES string of the molecule is COc1ccc(Oc2ccccc2)c(N(C=O)S(C)(=O)=O)c1. The summed E-state index contributed by atoms with van der Waals surface area (Å²) in [6, 6.07) is 13.4. The summed E-state index contributed by atoms with van der Waals surface area (Å²) in [7, 11) is -2.33. The molecule has 0 unspecified atom stereocenters. The molecular weight excluding hydrogens is 306 g/mol. The summed E-state index contributed by atoms with van der Waals surface area (Å²) in [5.41, 5.74) is 0.0840. The summed E-state index contributed by atoms with van der Waals surface area (Å²) in [5, 5.41) is 0. The number of hydrogen-bond donors (Lipinski definition) is 0. The molecule has 1 amide bonds. The number of sulfonamides is 1. The van der Waals surface area contributed by atoms with Crippen LogP contribution in [0.25, 0.3) is 0 Å². The summed E-state index contributed by atoms with van der Waals surface area (Å²) in [6.07, 6.45) is 1.16. The van der Waals surface area contributed by atoms with E-state index in [1.54, 1.807) is 36.4 Å². The van der Waals surface area contributed by atoms with Crippen molar-refractivity contribution in [3.8, 4) is 17.2 Å². The zero-order valence-electron chi connectivity index (χ0n) is 12.1. The minimum atomic E-state index is -3.78. The highest BCUT2D eigenvalue weighted by atomic mass is 32.2. The van der Waals surface area contributed by atoms with E-state index in [9.17, 15) is 13.2 Å². The van der Waals surface area contributed by atoms with Crippen LogP contribution in [0.2, 0.25) is 0 Å². The second-order valence-electron chi connectivity index (χ2n) is 4.41. The Hall–Kier alpha value is -2.54. The molecule has 0 bridgehead atoms. The molecule has 0 fully saturated rings. The lowest BCUT2D eigenvalue weighted by Crippen LogP contribution is -2.28. The molecule has 2 aromatic carbocycles. The quantitative estimate of drug-likeness (QED) is 0.764. The van der Waals surface area contributed by atoms with Crippen LogP contribution < -0.4 is 13.8 Å². The third kappa shape index (κ3) is 3.56. The fourth-order valence-electron chi connectivity index (χ4n) is 1.81. The Morgan fingerprint density at radius 1 is 1.05 bits per heavy atom. The molecule has 0 spiro atoms. The van der Waals surface area contributed by atoms with Crippen molar-refractivity contribution in [1.82, 2.24) is 0 Å². The Morgan fingerprint density at radius 3 is 2.27 bits per heavy atom. The van der Waals surface area contributed by atoms with Gasteiger partial charge in [-0.3, -0.25) is 4.79 Å². The van der Waals surface area contributed by atoms with Crippen molar-refractivity contribution in [1.29, 1.82) is 0 Å². The van der Waals surface area contributed by atoms with Gasteiger partial charge in [0.05, 0.1) is 13.4 Å². The first-order chi connectivity index (χ1) is 10.5. The van der Waals surface area contributed by atoms with Crippen molar-refractivity contribution in [2.45, 2.75) is 0 Å². The molecule has 0 aliphatic rings. The predicted molar refractivity (Wildman–Crippen MR) is 82.9 cm³/mol. The average molecular weight is 321 g/mol. The monoisotopic (exact) mass is 321 g/mol. The van der Waals surface area contributed by atoms with Crippen LogP contribution in [-0.4, -0.2) is 28.2 Å². The molecule has 2 aromatic rings. The number of para-hydroxylation sites is 1. The second kappa shape index (κ2) is 6.48. The molecule has 0 saturated heterocycles. The highest BCUT2D eigenvalue weighted by Crippen LogP contribution is 2.36. The van der Waals surface area contributed by atoms with E-state index < -0.39 is 10.0 Å². The molecular formula is C15H15NO5S. The number of carbonyl (C=O) groups is 1. The Labute approximate surface area is 128 Å². The van der Waals surface area contributed by atoms with Crippen LogP contribution in [0.4, 0.5) is 5.69 Å². The molecule has 22 heavy (non-hydrogen) atoms. The van der Waals surface area contributed by atoms with E-state index in [1.807, 2.05) is 6.07 Å². The zero-order chi connectivity index (χ0) is 16.2. The molecule has 0 atom stereocenters. The maximum Gasteiger partial charge on any atom is 0.238 e. The van der Waals surface area contributed by atoms with Crippen molar-refractivity contribution in [2.24, 2.45) is 0 Å². The van der Waals surface area contributed by atoms with E-state index in [2.05, 4.69) is 0 Å². The van der Waals surface area contributed by atoms with Crippen molar-refractivity contribution in [3.05, 3.63) is 48.5 Å². The Balaban J connectivity index is 2.52. The molecule has 6 nitrogen and oxygen atoms in total. The number of hydrogen-bond acceptors (Lipinski definition) is 5. The third-order valence-corrected chi connectivity index (χ3v) is 3.82. The van der Waals surface area contributed by atoms with Gasteiger partial charge in [0.1, 0.15) is 17.2 Å². The predicted octanol–water partition coefficient (Wildman–Crippen LogP) is 2.41. The Morgan fingerprint density at radius 2 is 1.73 bits per heavy atom. The van der Waals surface area contributed by atoms with E-state index in [4.69, 9.17) is 9.47 Å². The molecule has 0 N–H and O–H groups in total. The number of carbonyl (C=O) groups excluding carboxylic acids is 1. The van der Waals surface area contributed by atoms with E-state index in [1.165, 1.54) is 13.2 Å². The maximum atomic E-state index is 11.8. The fourth-order valence-corrected chi connectivity index (χ4v) is 2.47. The molecule has 0 radical (unpaired) electrons. The van der Waals surface area contributed by atoms with Crippen LogP contribution in [0.3, 0.4) is 0 Å². The molecule has 0 heterocycles. The summed E-state index contributed by atoms with van der Waals surface area (Å²) in [4.78, 5) is 11.2. The highest BCUT2D eigenvalue weighted by molar-refractivity contribution is 7.92. The number of amides is 1. The maximum absolute atomic E-state index is 11.8. The number of ether oxygens (including phenoxy) is 2. The van der Waals surface area contributed by atoms with E-state index in [0.717, 1.165) is 6.26 Å². The van der Waals surface area contributed by atoms with Crippen LogP contribution in [0.5, 0.6) is 17.2 Å². The van der Waals surface area contributed by atoms with Gasteiger partial charge in [-0.2, -0.15) is 0 Å². The lowest BCUT2D eigenvalue weighted by atomic mass is 10.2. The largest absolute Gasteiger partial charge is 0.497 e. The van der Waals surface area contributed by atoms with Crippen molar-refractivity contribution >= 4 is 22.1 Å². The molecule has 0 aliphatic carbocycles. The summed E-state index contributed by atoms with van der Waals surface area (Å²) in [5.74, 6) is 1.16. The van der Waals surface area contributed by atoms with E-state index in [-0.39, 0.29) is 17.8 Å². The van der Waals surface area contributed by atoms with Gasteiger partial charge in [-0.05, 0) is 24.3 Å². The van der Waals surface area contributed by atoms with Gasteiger partial charge in [0.15, 0.2) is 5.75 Å². The first-order valence-electron chi connectivity index (χ1n) is 6.31. The van der Waals surface area contributed by atoms with Gasteiger partial charge in [-0.25, -0.2) is 12.7 Å². The molecule has 7 heteroatoms. The van der Waals surface area contributed by atoms with Crippen LogP contribution in [0.1, 0.15) is 0 Å². The summed E-state index contributed by atoms with van der Waals surface area (Å²) < 4.78 is 34.9. The van der Waals surface area contributed by atoms with E-state index >= 15 is 0 Å². The number of anilines is 1. The van der Waals surface area contributed by atoms with Crippen LogP contribution >= 0.6 is 0 Å². The number of rotatable bonds is 6. The normalized spacial score (nSPS) is 10.8. The lowest BCUT2D eigenvalue weighted by molar-refractivity contribution is -0.106. The van der Waals surface area contributed by atoms with Crippen molar-refractivity contribution in [3.63, 3.8) is 0 Å². The van der Waals surface area contributed by atoms with Crippen LogP contribution in [0.15, 0.2) is 48.5 Å². The van der Waals surface area contributed by atoms with E-state index in [0.29, 0.717) is 15.8 Å². The Bertz CT molecular complexity index is 759. The first-order valence-corrected chi connectivity index (χ1v) is 8.16. The third-order valence-electron chi connectivity index (χ3n) is 2.83. The van der Waals surface area contributed by atoms with Crippen LogP contribution in [0, 0.1) is 0 Å². The Kier molecular flexibility index (Phi) is 4.67. The standard InChI is InChI=1S/C15H15NO5S/c1-20-13-8-9-15(21-12-6-4-3-5-7-12)14(10-13)16(11-17)22(2,18)19/h3-11H,1-2H3. The molecule has 0 aromatic heterocycles. The lowest BCUT2D eigenvalue weighted by Gasteiger charge is -2.19. The van der Waals surface area contributed by atoms with Gasteiger partial charge in [-0.1, -0.05) is 18.2 Å². The van der Waals surface area contributed by atoms with Gasteiger partial charge in [0.2, 0.25) is 16.4 Å². The molecule has 2 rings (SSSR count). The summed E-state index contributed by atoms with van der Waals surface area (Å²) >= 11 is 0. The fraction of sp³-hybridized carbons (Fsp3) is 0.133. The van der Waals surface area contributed by atoms with Gasteiger partial charge in [0.25, 0.3) is 0 Å². The zero-order valence-corrected chi connectivity index (χ0v) is 12.9. The average Bonchev–Trinajstić information content (AvgIpc) is 2.49. The molecule has 116 valence electrons. The van der Waals surface area contributed by atoms with Crippen LogP contribution in [-0.2, 0) is 14.8 Å². The highest BCUT2D eigenvalue weighted by Gasteiger charge is 2.22. The smallest absolute Gasteiger partial charge is 0.238 e. The molecule has 0 saturated carbocycles. The minimum absolute atomic E-state index is 0.0840. The number of benzene rings is 2. The summed E-state index contributed by atoms with van der Waals surface area (Å²) in [6.45, 7) is 0. The number of methoxy groups -OCH3 is 1. The second-order valence-corrected chi connectivity index (χ2v) is 6.27. The number of nitrogens with zero attached hydrogens (tertiary/aromatic N) is 1. The van der Waals surface area contributed by atoms with Crippen molar-refractivity contribution < 1.29 is 22.7 Å². The van der Waals surface area contributed by atoms with Crippen molar-refractivity contribution in [2.75, 3.05) is 17.7 Å². The van der Waals surface area contributed by atoms with Gasteiger partial charge >= 0.3 is 0 Å². The van der Waals surface area contributed by atoms with Gasteiger partial charge in [-0.15, -0.1) is 0 Å². The van der Waals surface area contributed by atoms with Gasteiger partial charge < -0.3 is 9.47 Å². The minimum Gasteiger partial charge on any atom is -0.497 e. The molecule has 0 aliphatic heterocycles. The first kappa shape index (κ1) is 15.8. The topological polar surface area (TPSA) is 72.9 Å².